The van der Waals surface area contributed by atoms with E-state index in [9.17, 15) is 0 Å². The maximum absolute atomic E-state index is 2.40. The third-order valence-electron chi connectivity index (χ3n) is 13.8. The van der Waals surface area contributed by atoms with Crippen molar-refractivity contribution in [2.75, 3.05) is 0 Å². The summed E-state index contributed by atoms with van der Waals surface area (Å²) in [5.41, 5.74) is 21.6. The van der Waals surface area contributed by atoms with Crippen molar-refractivity contribution < 1.29 is 0 Å². The Kier molecular flexibility index (Phi) is 9.54. The zero-order valence-corrected chi connectivity index (χ0v) is 37.3. The third kappa shape index (κ3) is 6.90. The molecule has 13 rings (SSSR count). The first-order valence-corrected chi connectivity index (χ1v) is 23.4. The molecule has 0 aliphatic heterocycles. The summed E-state index contributed by atoms with van der Waals surface area (Å²) in [6.07, 6.45) is 0. The third-order valence-corrected chi connectivity index (χ3v) is 13.8. The molecule has 0 fully saturated rings. The zero-order chi connectivity index (χ0) is 45.0. The van der Waals surface area contributed by atoms with Crippen molar-refractivity contribution in [3.05, 3.63) is 267 Å². The van der Waals surface area contributed by atoms with Gasteiger partial charge in [0.15, 0.2) is 0 Å². The van der Waals surface area contributed by atoms with Crippen molar-refractivity contribution in [2.24, 2.45) is 0 Å². The van der Waals surface area contributed by atoms with Crippen LogP contribution in [-0.4, -0.2) is 9.13 Å². The van der Waals surface area contributed by atoms with Crippen LogP contribution >= 0.6 is 0 Å². The van der Waals surface area contributed by atoms with Gasteiger partial charge in [0, 0.05) is 32.9 Å². The zero-order valence-electron chi connectivity index (χ0n) is 37.3. The van der Waals surface area contributed by atoms with Gasteiger partial charge in [-0.2, -0.15) is 0 Å². The highest BCUT2D eigenvalue weighted by Crippen LogP contribution is 2.40. The van der Waals surface area contributed by atoms with Crippen molar-refractivity contribution >= 4 is 43.6 Å². The number of fused-ring (bicyclic) bond motifs is 6. The van der Waals surface area contributed by atoms with Gasteiger partial charge in [-0.05, 0) is 140 Å². The number of aromatic nitrogens is 2. The molecule has 2 nitrogen and oxygen atoms in total. The van der Waals surface area contributed by atoms with Crippen LogP contribution in [0.15, 0.2) is 267 Å². The lowest BCUT2D eigenvalue weighted by molar-refractivity contribution is 1.18. The largest absolute Gasteiger partial charge is 0.309 e. The van der Waals surface area contributed by atoms with Crippen molar-refractivity contribution in [1.29, 1.82) is 0 Å². The molecule has 0 aliphatic rings. The highest BCUT2D eigenvalue weighted by Gasteiger charge is 2.17. The average Bonchev–Trinajstić information content (AvgIpc) is 3.93. The summed E-state index contributed by atoms with van der Waals surface area (Å²) in [6.45, 7) is 0. The van der Waals surface area contributed by atoms with Gasteiger partial charge in [-0.3, -0.25) is 0 Å². The quantitative estimate of drug-likeness (QED) is 0.144. The van der Waals surface area contributed by atoms with E-state index in [0.717, 1.165) is 11.4 Å². The monoisotopic (exact) mass is 864 g/mol. The first-order chi connectivity index (χ1) is 33.7. The Balaban J connectivity index is 0.875. The second-order valence-corrected chi connectivity index (χ2v) is 17.7. The Hall–Kier alpha value is -8.98. The molecule has 0 amide bonds. The molecule has 68 heavy (non-hydrogen) atoms. The predicted molar refractivity (Wildman–Crippen MR) is 288 cm³/mol. The lowest BCUT2D eigenvalue weighted by Crippen LogP contribution is -1.93. The van der Waals surface area contributed by atoms with Gasteiger partial charge in [-0.1, -0.05) is 194 Å². The van der Waals surface area contributed by atoms with Crippen LogP contribution in [0.5, 0.6) is 0 Å². The van der Waals surface area contributed by atoms with Crippen LogP contribution in [-0.2, 0) is 0 Å². The molecule has 0 N–H and O–H groups in total. The first-order valence-electron chi connectivity index (χ1n) is 23.4. The minimum atomic E-state index is 1.15. The lowest BCUT2D eigenvalue weighted by Gasteiger charge is -2.09. The number of nitrogens with zero attached hydrogens (tertiary/aromatic N) is 2. The fraction of sp³-hybridized carbons (Fsp3) is 0. The van der Waals surface area contributed by atoms with Crippen LogP contribution in [0, 0.1) is 0 Å². The Bertz CT molecular complexity index is 3680. The van der Waals surface area contributed by atoms with Crippen LogP contribution < -0.4 is 0 Å². The summed E-state index contributed by atoms with van der Waals surface area (Å²) in [4.78, 5) is 0. The maximum Gasteiger partial charge on any atom is 0.0541 e. The summed E-state index contributed by atoms with van der Waals surface area (Å²) in [7, 11) is 0. The molecule has 0 unspecified atom stereocenters. The fourth-order valence-electron chi connectivity index (χ4n) is 10.3. The normalized spacial score (nSPS) is 11.5. The lowest BCUT2D eigenvalue weighted by atomic mass is 9.96. The van der Waals surface area contributed by atoms with E-state index < -0.39 is 0 Å². The SMILES string of the molecule is c1ccc(-c2ccc(-c3ccc4c(c3)c3cc(-c5ccc(-c6ccc7c(c6)c6cc(-c8ccc(-c9ccccc9)cc8)ccc6n7-c6ccccc6)cc5)ccc3n4-c3ccccc3)cc2)cc1. The van der Waals surface area contributed by atoms with Gasteiger partial charge in [0.2, 0.25) is 0 Å². The van der Waals surface area contributed by atoms with E-state index in [1.807, 2.05) is 0 Å². The molecule has 2 aromatic heterocycles. The smallest absolute Gasteiger partial charge is 0.0541 e. The second kappa shape index (κ2) is 16.5. The van der Waals surface area contributed by atoms with Gasteiger partial charge in [0.1, 0.15) is 0 Å². The van der Waals surface area contributed by atoms with Gasteiger partial charge < -0.3 is 9.13 Å². The molecule has 0 spiro atoms. The fourth-order valence-corrected chi connectivity index (χ4v) is 10.3. The highest BCUT2D eigenvalue weighted by atomic mass is 15.0. The van der Waals surface area contributed by atoms with Gasteiger partial charge in [0.25, 0.3) is 0 Å². The summed E-state index contributed by atoms with van der Waals surface area (Å²) in [6, 6.07) is 97.4. The van der Waals surface area contributed by atoms with E-state index >= 15 is 0 Å². The Morgan fingerprint density at radius 2 is 0.353 bits per heavy atom. The molecule has 0 atom stereocenters. The van der Waals surface area contributed by atoms with Crippen molar-refractivity contribution in [2.45, 2.75) is 0 Å². The number of hydrogen-bond donors (Lipinski definition) is 0. The van der Waals surface area contributed by atoms with E-state index in [0.29, 0.717) is 0 Å². The van der Waals surface area contributed by atoms with Crippen LogP contribution in [0.4, 0.5) is 0 Å². The Morgan fingerprint density at radius 3 is 0.603 bits per heavy atom. The van der Waals surface area contributed by atoms with Gasteiger partial charge in [-0.25, -0.2) is 0 Å². The van der Waals surface area contributed by atoms with Gasteiger partial charge >= 0.3 is 0 Å². The van der Waals surface area contributed by atoms with E-state index in [2.05, 4.69) is 276 Å². The molecule has 13 aromatic rings. The van der Waals surface area contributed by atoms with Gasteiger partial charge in [-0.15, -0.1) is 0 Å². The van der Waals surface area contributed by atoms with E-state index in [1.165, 1.54) is 110 Å². The van der Waals surface area contributed by atoms with Crippen LogP contribution in [0.25, 0.3) is 122 Å². The van der Waals surface area contributed by atoms with Crippen molar-refractivity contribution in [3.63, 3.8) is 0 Å². The minimum Gasteiger partial charge on any atom is -0.309 e. The maximum atomic E-state index is 2.40. The number of hydrogen-bond acceptors (Lipinski definition) is 0. The molecule has 11 aromatic carbocycles. The molecular weight excluding hydrogens is 821 g/mol. The van der Waals surface area contributed by atoms with Gasteiger partial charge in [0.05, 0.1) is 22.1 Å². The average molecular weight is 865 g/mol. The Morgan fingerprint density at radius 1 is 0.162 bits per heavy atom. The molecule has 0 radical (unpaired) electrons. The summed E-state index contributed by atoms with van der Waals surface area (Å²) >= 11 is 0. The standard InChI is InChI=1S/C66H44N2/c1-5-13-45(14-6-1)47-21-25-49(26-22-47)53-33-37-63-59(41-53)61-43-55(35-39-65(61)67(63)57-17-9-3-10-18-57)51-29-31-52(32-30-51)56-36-40-66-62(44-56)60-42-54(34-38-64(60)68(66)58-19-11-4-12-20-58)50-27-23-48(24-28-50)46-15-7-2-8-16-46/h1-44H. The topological polar surface area (TPSA) is 9.86 Å². The molecule has 0 saturated heterocycles. The first kappa shape index (κ1) is 39.4. The van der Waals surface area contributed by atoms with E-state index in [-0.39, 0.29) is 0 Å². The molecule has 2 heteroatoms. The second-order valence-electron chi connectivity index (χ2n) is 17.7. The summed E-state index contributed by atoms with van der Waals surface area (Å²) in [5.74, 6) is 0. The van der Waals surface area contributed by atoms with Crippen molar-refractivity contribution in [1.82, 2.24) is 9.13 Å². The molecule has 0 aliphatic carbocycles. The number of rotatable bonds is 8. The molecule has 318 valence electrons. The Labute approximate surface area is 395 Å². The molecular formula is C66H44N2. The van der Waals surface area contributed by atoms with Crippen LogP contribution in [0.1, 0.15) is 0 Å². The summed E-state index contributed by atoms with van der Waals surface area (Å²) in [5, 5.41) is 4.95. The van der Waals surface area contributed by atoms with E-state index in [1.54, 1.807) is 0 Å². The highest BCUT2D eigenvalue weighted by molar-refractivity contribution is 6.13. The molecule has 2 heterocycles. The summed E-state index contributed by atoms with van der Waals surface area (Å²) < 4.78 is 4.80. The van der Waals surface area contributed by atoms with Crippen molar-refractivity contribution in [3.8, 4) is 78.1 Å². The number of benzene rings is 11. The molecule has 0 bridgehead atoms. The van der Waals surface area contributed by atoms with Crippen LogP contribution in [0.3, 0.4) is 0 Å². The number of para-hydroxylation sites is 2. The van der Waals surface area contributed by atoms with E-state index in [4.69, 9.17) is 0 Å². The minimum absolute atomic E-state index is 1.15. The molecule has 0 saturated carbocycles. The van der Waals surface area contributed by atoms with Crippen LogP contribution in [0.2, 0.25) is 0 Å². The predicted octanol–water partition coefficient (Wildman–Crippen LogP) is 17.9.